The van der Waals surface area contributed by atoms with Crippen LogP contribution in [0.5, 0.6) is 5.75 Å². The topological polar surface area (TPSA) is 121 Å². The van der Waals surface area contributed by atoms with Crippen molar-refractivity contribution in [2.75, 3.05) is 29.4 Å². The highest BCUT2D eigenvalue weighted by atomic mass is 32.2. The Kier molecular flexibility index (Phi) is 7.86. The Morgan fingerprint density at radius 3 is 2.60 bits per heavy atom. The lowest BCUT2D eigenvalue weighted by atomic mass is 9.99. The van der Waals surface area contributed by atoms with Crippen LogP contribution in [0.25, 0.3) is 27.7 Å². The van der Waals surface area contributed by atoms with E-state index in [1.165, 1.54) is 42.5 Å². The van der Waals surface area contributed by atoms with Gasteiger partial charge in [0.2, 0.25) is 10.0 Å². The molecule has 1 aliphatic heterocycles. The van der Waals surface area contributed by atoms with Gasteiger partial charge in [0, 0.05) is 24.4 Å². The maximum atomic E-state index is 13.5. The number of sulfonamides is 1. The van der Waals surface area contributed by atoms with Crippen molar-refractivity contribution in [1.82, 2.24) is 14.8 Å². The molecular formula is C28H27F4N5O4S. The van der Waals surface area contributed by atoms with Gasteiger partial charge in [-0.25, -0.2) is 17.8 Å². The molecule has 0 saturated heterocycles. The molecule has 14 heteroatoms. The maximum Gasteiger partial charge on any atom is 0.404 e. The number of halogens is 4. The van der Waals surface area contributed by atoms with Crippen LogP contribution < -0.4 is 15.2 Å². The summed E-state index contributed by atoms with van der Waals surface area (Å²) in [4.78, 5) is 4.38. The fourth-order valence-corrected chi connectivity index (χ4v) is 5.81. The smallest absolute Gasteiger partial charge is 0.404 e. The number of aromatic nitrogens is 3. The Morgan fingerprint density at radius 2 is 1.93 bits per heavy atom. The summed E-state index contributed by atoms with van der Waals surface area (Å²) in [6.45, 7) is 2.66. The molecule has 0 saturated carbocycles. The predicted octanol–water partition coefficient (Wildman–Crippen LogP) is 5.60. The summed E-state index contributed by atoms with van der Waals surface area (Å²) in [5.41, 5.74) is 10.1. The van der Waals surface area contributed by atoms with Gasteiger partial charge < -0.3 is 15.2 Å². The zero-order chi connectivity index (χ0) is 30.2. The lowest BCUT2D eigenvalue weighted by molar-refractivity contribution is -0.106. The van der Waals surface area contributed by atoms with Crippen molar-refractivity contribution in [3.05, 3.63) is 71.7 Å². The molecule has 2 aromatic carbocycles. The SMILES string of the molecule is C[C@H](Oc1cc(-c2nn(C)c3c(C4=CCOCC4)cnc(N)c23)ccc1NS(=O)(=O)CC(F)(F)F)c1ccc(F)cc1. The average Bonchev–Trinajstić information content (AvgIpc) is 3.27. The Morgan fingerprint density at radius 1 is 1.19 bits per heavy atom. The molecule has 0 spiro atoms. The Balaban J connectivity index is 1.61. The first-order chi connectivity index (χ1) is 19.8. The van der Waals surface area contributed by atoms with Crippen molar-refractivity contribution < 1.29 is 35.5 Å². The van der Waals surface area contributed by atoms with Gasteiger partial charge in [-0.1, -0.05) is 24.3 Å². The van der Waals surface area contributed by atoms with E-state index in [2.05, 4.69) is 10.1 Å². The molecule has 0 unspecified atom stereocenters. The van der Waals surface area contributed by atoms with Crippen molar-refractivity contribution in [2.45, 2.75) is 25.6 Å². The third kappa shape index (κ3) is 6.34. The highest BCUT2D eigenvalue weighted by molar-refractivity contribution is 7.92. The van der Waals surface area contributed by atoms with E-state index in [-0.39, 0.29) is 17.3 Å². The number of nitrogens with zero attached hydrogens (tertiary/aromatic N) is 3. The monoisotopic (exact) mass is 605 g/mol. The predicted molar refractivity (Wildman–Crippen MR) is 151 cm³/mol. The zero-order valence-electron chi connectivity index (χ0n) is 22.6. The molecular weight excluding hydrogens is 578 g/mol. The van der Waals surface area contributed by atoms with Crippen molar-refractivity contribution >= 4 is 38.0 Å². The largest absolute Gasteiger partial charge is 0.484 e. The minimum absolute atomic E-state index is 0.0660. The molecule has 0 amide bonds. The van der Waals surface area contributed by atoms with E-state index < -0.39 is 33.9 Å². The molecule has 2 aromatic heterocycles. The van der Waals surface area contributed by atoms with Gasteiger partial charge in [0.1, 0.15) is 29.2 Å². The van der Waals surface area contributed by atoms with Crippen LogP contribution in [0.1, 0.15) is 30.6 Å². The molecule has 0 radical (unpaired) electrons. The van der Waals surface area contributed by atoms with E-state index >= 15 is 0 Å². The molecule has 0 fully saturated rings. The van der Waals surface area contributed by atoms with Crippen LogP contribution in [0.4, 0.5) is 29.1 Å². The van der Waals surface area contributed by atoms with E-state index in [1.807, 2.05) is 10.8 Å². The van der Waals surface area contributed by atoms with Crippen LogP contribution in [0.15, 0.2) is 54.7 Å². The lowest BCUT2D eigenvalue weighted by Crippen LogP contribution is -2.28. The number of nitrogens with two attached hydrogens (primary N) is 1. The van der Waals surface area contributed by atoms with Crippen LogP contribution in [-0.4, -0.2) is 48.3 Å². The number of alkyl halides is 3. The minimum Gasteiger partial charge on any atom is -0.484 e. The number of aryl methyl sites for hydroxylation is 1. The second kappa shape index (κ2) is 11.2. The van der Waals surface area contributed by atoms with Crippen molar-refractivity contribution in [2.24, 2.45) is 7.05 Å². The maximum absolute atomic E-state index is 13.5. The number of benzene rings is 2. The molecule has 9 nitrogen and oxygen atoms in total. The molecule has 1 atom stereocenters. The first-order valence-electron chi connectivity index (χ1n) is 12.8. The number of fused-ring (bicyclic) bond motifs is 1. The third-order valence-corrected chi connectivity index (χ3v) is 7.96. The van der Waals surface area contributed by atoms with Gasteiger partial charge in [0.25, 0.3) is 0 Å². The van der Waals surface area contributed by atoms with Gasteiger partial charge in [-0.3, -0.25) is 9.40 Å². The number of ether oxygens (including phenoxy) is 2. The number of hydrogen-bond acceptors (Lipinski definition) is 7. The van der Waals surface area contributed by atoms with E-state index in [0.717, 1.165) is 16.7 Å². The summed E-state index contributed by atoms with van der Waals surface area (Å²) < 4.78 is 92.1. The number of nitrogen functional groups attached to an aromatic ring is 1. The normalized spacial score (nSPS) is 15.0. The molecule has 5 rings (SSSR count). The van der Waals surface area contributed by atoms with Gasteiger partial charge in [0.05, 0.1) is 29.8 Å². The standard InChI is InChI=1S/C28H27F4N5O4S/c1-16(17-3-6-20(29)7-4-17)41-23-13-19(5-8-22(23)36-42(38,39)15-28(30,31)32)25-24-26(37(2)35-25)21(14-34-27(24)33)18-9-11-40-12-10-18/h3-9,13-14,16,36H,10-12,15H2,1-2H3,(H2,33,34)/t16-/m0/s1. The minimum atomic E-state index is -4.96. The molecule has 42 heavy (non-hydrogen) atoms. The number of rotatable bonds is 8. The Bertz CT molecular complexity index is 1770. The van der Waals surface area contributed by atoms with Crippen molar-refractivity contribution in [1.29, 1.82) is 0 Å². The van der Waals surface area contributed by atoms with Crippen LogP contribution in [0.2, 0.25) is 0 Å². The molecule has 3 N–H and O–H groups in total. The summed E-state index contributed by atoms with van der Waals surface area (Å²) in [6.07, 6.45) is -1.37. The molecule has 4 aromatic rings. The fourth-order valence-electron chi connectivity index (χ4n) is 4.81. The van der Waals surface area contributed by atoms with Gasteiger partial charge in [-0.05, 0) is 48.7 Å². The van der Waals surface area contributed by atoms with Crippen LogP contribution in [0.3, 0.4) is 0 Å². The van der Waals surface area contributed by atoms with Gasteiger partial charge in [-0.15, -0.1) is 0 Å². The zero-order valence-corrected chi connectivity index (χ0v) is 23.4. The van der Waals surface area contributed by atoms with E-state index in [0.29, 0.717) is 41.8 Å². The molecule has 3 heterocycles. The van der Waals surface area contributed by atoms with E-state index in [9.17, 15) is 26.0 Å². The summed E-state index contributed by atoms with van der Waals surface area (Å²) in [5.74, 6) is -2.39. The van der Waals surface area contributed by atoms with Crippen molar-refractivity contribution in [3.8, 4) is 17.0 Å². The first-order valence-corrected chi connectivity index (χ1v) is 14.5. The summed E-state index contributed by atoms with van der Waals surface area (Å²) in [6, 6.07) is 9.71. The quantitative estimate of drug-likeness (QED) is 0.251. The molecule has 222 valence electrons. The molecule has 0 bridgehead atoms. The molecule has 0 aliphatic carbocycles. The lowest BCUT2D eigenvalue weighted by Gasteiger charge is -2.20. The number of pyridine rings is 1. The average molecular weight is 606 g/mol. The fraction of sp³-hybridized carbons (Fsp3) is 0.286. The highest BCUT2D eigenvalue weighted by Gasteiger charge is 2.35. The second-order valence-electron chi connectivity index (χ2n) is 9.81. The van der Waals surface area contributed by atoms with Gasteiger partial charge in [0.15, 0.2) is 5.75 Å². The second-order valence-corrected chi connectivity index (χ2v) is 11.5. The first kappa shape index (κ1) is 29.3. The van der Waals surface area contributed by atoms with Crippen LogP contribution in [-0.2, 0) is 21.8 Å². The third-order valence-electron chi connectivity index (χ3n) is 6.72. The summed E-state index contributed by atoms with van der Waals surface area (Å²) >= 11 is 0. The number of hydrogen-bond donors (Lipinski definition) is 2. The van der Waals surface area contributed by atoms with Crippen LogP contribution in [0, 0.1) is 5.82 Å². The number of nitrogens with one attached hydrogen (secondary N) is 1. The molecule has 1 aliphatic rings. The van der Waals surface area contributed by atoms with Gasteiger partial charge in [-0.2, -0.15) is 18.3 Å². The van der Waals surface area contributed by atoms with Crippen LogP contribution >= 0.6 is 0 Å². The van der Waals surface area contributed by atoms with E-state index in [1.54, 1.807) is 24.9 Å². The van der Waals surface area contributed by atoms with Gasteiger partial charge >= 0.3 is 6.18 Å². The Labute approximate surface area is 239 Å². The number of anilines is 2. The summed E-state index contributed by atoms with van der Waals surface area (Å²) in [5, 5.41) is 5.22. The Hall–Kier alpha value is -4.17. The van der Waals surface area contributed by atoms with Crippen molar-refractivity contribution in [3.63, 3.8) is 0 Å². The van der Waals surface area contributed by atoms with E-state index in [4.69, 9.17) is 15.2 Å². The summed E-state index contributed by atoms with van der Waals surface area (Å²) in [7, 11) is -3.07. The highest BCUT2D eigenvalue weighted by Crippen LogP contribution is 2.40.